The van der Waals surface area contributed by atoms with E-state index >= 15 is 0 Å². The number of anilines is 1. The van der Waals surface area contributed by atoms with Gasteiger partial charge < -0.3 is 10.2 Å². The summed E-state index contributed by atoms with van der Waals surface area (Å²) < 4.78 is 1.13. The van der Waals surface area contributed by atoms with Crippen LogP contribution in [0.4, 0.5) is 5.69 Å². The van der Waals surface area contributed by atoms with Gasteiger partial charge in [-0.15, -0.1) is 0 Å². The fourth-order valence-corrected chi connectivity index (χ4v) is 1.65. The topological polar surface area (TPSA) is 15.3 Å². The first kappa shape index (κ1) is 11.5. The van der Waals surface area contributed by atoms with Crippen LogP contribution in [0, 0.1) is 0 Å². The largest absolute Gasteiger partial charge is 0.384 e. The van der Waals surface area contributed by atoms with Gasteiger partial charge in [0.2, 0.25) is 0 Å². The molecule has 0 aliphatic heterocycles. The Morgan fingerprint density at radius 3 is 2.64 bits per heavy atom. The Bertz CT molecular complexity index is 274. The smallest absolute Gasteiger partial charge is 0.0484 e. The summed E-state index contributed by atoms with van der Waals surface area (Å²) in [6.07, 6.45) is 1.16. The van der Waals surface area contributed by atoms with Gasteiger partial charge in [0.15, 0.2) is 0 Å². The van der Waals surface area contributed by atoms with Crippen molar-refractivity contribution in [3.8, 4) is 0 Å². The van der Waals surface area contributed by atoms with Crippen LogP contribution in [0.3, 0.4) is 0 Å². The maximum atomic E-state index is 3.50. The van der Waals surface area contributed by atoms with Crippen molar-refractivity contribution in [2.75, 3.05) is 32.5 Å². The standard InChI is InChI=1S/C11H17BrN2/c1-14(2)9-5-8-13-11-7-4-3-6-10(11)12/h3-4,6-7,13H,5,8-9H2,1-2H3. The molecular formula is C11H17BrN2. The van der Waals surface area contributed by atoms with Gasteiger partial charge in [0, 0.05) is 16.7 Å². The molecule has 0 aliphatic carbocycles. The SMILES string of the molecule is CN(C)CCCNc1ccccc1Br. The predicted molar refractivity (Wildman–Crippen MR) is 65.8 cm³/mol. The van der Waals surface area contributed by atoms with E-state index in [1.165, 1.54) is 5.69 Å². The van der Waals surface area contributed by atoms with Crippen molar-refractivity contribution >= 4 is 21.6 Å². The van der Waals surface area contributed by atoms with Crippen LogP contribution in [0.5, 0.6) is 0 Å². The number of nitrogens with one attached hydrogen (secondary N) is 1. The molecule has 1 N–H and O–H groups in total. The first-order valence-corrected chi connectivity index (χ1v) is 5.62. The molecule has 0 spiro atoms. The van der Waals surface area contributed by atoms with E-state index in [-0.39, 0.29) is 0 Å². The Hall–Kier alpha value is -0.540. The molecule has 2 nitrogen and oxygen atoms in total. The molecule has 1 aromatic rings. The summed E-state index contributed by atoms with van der Waals surface area (Å²) in [6, 6.07) is 8.20. The van der Waals surface area contributed by atoms with Crippen molar-refractivity contribution in [3.63, 3.8) is 0 Å². The molecule has 0 saturated heterocycles. The molecule has 1 aromatic carbocycles. The molecule has 1 rings (SSSR count). The van der Waals surface area contributed by atoms with Crippen LogP contribution >= 0.6 is 15.9 Å². The minimum atomic E-state index is 1.01. The minimum absolute atomic E-state index is 1.01. The molecule has 0 saturated carbocycles. The van der Waals surface area contributed by atoms with Crippen LogP contribution in [-0.4, -0.2) is 32.1 Å². The van der Waals surface area contributed by atoms with Gasteiger partial charge in [0.1, 0.15) is 0 Å². The predicted octanol–water partition coefficient (Wildman–Crippen LogP) is 2.81. The normalized spacial score (nSPS) is 10.6. The molecule has 0 aromatic heterocycles. The minimum Gasteiger partial charge on any atom is -0.384 e. The highest BCUT2D eigenvalue weighted by atomic mass is 79.9. The third-order valence-corrected chi connectivity index (χ3v) is 2.66. The summed E-state index contributed by atoms with van der Waals surface area (Å²) in [6.45, 7) is 2.14. The second-order valence-corrected chi connectivity index (χ2v) is 4.42. The zero-order valence-electron chi connectivity index (χ0n) is 8.76. The van der Waals surface area contributed by atoms with Crippen molar-refractivity contribution in [1.29, 1.82) is 0 Å². The van der Waals surface area contributed by atoms with Gasteiger partial charge >= 0.3 is 0 Å². The summed E-state index contributed by atoms with van der Waals surface area (Å²) in [5, 5.41) is 3.39. The Labute approximate surface area is 94.4 Å². The first-order chi connectivity index (χ1) is 6.70. The highest BCUT2D eigenvalue weighted by Gasteiger charge is 1.96. The van der Waals surface area contributed by atoms with E-state index in [1.54, 1.807) is 0 Å². The number of nitrogens with zero attached hydrogens (tertiary/aromatic N) is 1. The van der Waals surface area contributed by atoms with Crippen molar-refractivity contribution in [3.05, 3.63) is 28.7 Å². The zero-order chi connectivity index (χ0) is 10.4. The fraction of sp³-hybridized carbons (Fsp3) is 0.455. The summed E-state index contributed by atoms with van der Waals surface area (Å²) in [4.78, 5) is 2.20. The summed E-state index contributed by atoms with van der Waals surface area (Å²) in [5.41, 5.74) is 1.17. The average molecular weight is 257 g/mol. The maximum Gasteiger partial charge on any atom is 0.0484 e. The summed E-state index contributed by atoms with van der Waals surface area (Å²) >= 11 is 3.50. The van der Waals surface area contributed by atoms with Gasteiger partial charge in [-0.2, -0.15) is 0 Å². The number of halogens is 1. The molecule has 0 atom stereocenters. The van der Waals surface area contributed by atoms with E-state index in [4.69, 9.17) is 0 Å². The van der Waals surface area contributed by atoms with Gasteiger partial charge in [0.05, 0.1) is 0 Å². The van der Waals surface area contributed by atoms with E-state index in [2.05, 4.69) is 46.3 Å². The molecule has 14 heavy (non-hydrogen) atoms. The molecule has 78 valence electrons. The molecule has 0 heterocycles. The van der Waals surface area contributed by atoms with Crippen LogP contribution in [-0.2, 0) is 0 Å². The zero-order valence-corrected chi connectivity index (χ0v) is 10.3. The number of para-hydroxylation sites is 1. The average Bonchev–Trinajstić information content (AvgIpc) is 2.15. The van der Waals surface area contributed by atoms with Crippen LogP contribution < -0.4 is 5.32 Å². The van der Waals surface area contributed by atoms with E-state index < -0.39 is 0 Å². The quantitative estimate of drug-likeness (QED) is 0.816. The lowest BCUT2D eigenvalue weighted by Gasteiger charge is -2.11. The van der Waals surface area contributed by atoms with Crippen molar-refractivity contribution < 1.29 is 0 Å². The van der Waals surface area contributed by atoms with Gasteiger partial charge in [-0.05, 0) is 55.1 Å². The lowest BCUT2D eigenvalue weighted by Crippen LogP contribution is -2.16. The summed E-state index contributed by atoms with van der Waals surface area (Å²) in [5.74, 6) is 0. The second kappa shape index (κ2) is 6.04. The van der Waals surface area contributed by atoms with Gasteiger partial charge in [0.25, 0.3) is 0 Å². The maximum absolute atomic E-state index is 3.50. The lowest BCUT2D eigenvalue weighted by molar-refractivity contribution is 0.405. The molecular weight excluding hydrogens is 240 g/mol. The highest BCUT2D eigenvalue weighted by molar-refractivity contribution is 9.10. The Balaban J connectivity index is 2.28. The monoisotopic (exact) mass is 256 g/mol. The molecule has 0 bridgehead atoms. The molecule has 0 amide bonds. The molecule has 3 heteroatoms. The third-order valence-electron chi connectivity index (χ3n) is 1.97. The summed E-state index contributed by atoms with van der Waals surface area (Å²) in [7, 11) is 4.19. The van der Waals surface area contributed by atoms with E-state index in [0.29, 0.717) is 0 Å². The Kier molecular flexibility index (Phi) is 4.98. The Morgan fingerprint density at radius 1 is 1.29 bits per heavy atom. The van der Waals surface area contributed by atoms with Gasteiger partial charge in [-0.1, -0.05) is 12.1 Å². The molecule has 0 unspecified atom stereocenters. The molecule has 0 fully saturated rings. The van der Waals surface area contributed by atoms with Crippen LogP contribution in [0.25, 0.3) is 0 Å². The first-order valence-electron chi connectivity index (χ1n) is 4.83. The van der Waals surface area contributed by atoms with Crippen LogP contribution in [0.2, 0.25) is 0 Å². The fourth-order valence-electron chi connectivity index (χ4n) is 1.22. The van der Waals surface area contributed by atoms with Crippen LogP contribution in [0.1, 0.15) is 6.42 Å². The number of benzene rings is 1. The molecule has 0 aliphatic rings. The third kappa shape index (κ3) is 4.11. The van der Waals surface area contributed by atoms with Crippen molar-refractivity contribution in [1.82, 2.24) is 4.90 Å². The van der Waals surface area contributed by atoms with Crippen molar-refractivity contribution in [2.24, 2.45) is 0 Å². The Morgan fingerprint density at radius 2 is 2.00 bits per heavy atom. The number of rotatable bonds is 5. The molecule has 0 radical (unpaired) electrons. The van der Waals surface area contributed by atoms with E-state index in [9.17, 15) is 0 Å². The highest BCUT2D eigenvalue weighted by Crippen LogP contribution is 2.20. The van der Waals surface area contributed by atoms with E-state index in [0.717, 1.165) is 24.0 Å². The van der Waals surface area contributed by atoms with Crippen LogP contribution in [0.15, 0.2) is 28.7 Å². The second-order valence-electron chi connectivity index (χ2n) is 3.56. The van der Waals surface area contributed by atoms with E-state index in [1.807, 2.05) is 18.2 Å². The number of hydrogen-bond acceptors (Lipinski definition) is 2. The van der Waals surface area contributed by atoms with Gasteiger partial charge in [-0.25, -0.2) is 0 Å². The van der Waals surface area contributed by atoms with Gasteiger partial charge in [-0.3, -0.25) is 0 Å². The number of hydrogen-bond donors (Lipinski definition) is 1. The van der Waals surface area contributed by atoms with Crippen molar-refractivity contribution in [2.45, 2.75) is 6.42 Å². The lowest BCUT2D eigenvalue weighted by atomic mass is 10.3.